The largest absolute Gasteiger partial charge is 0.492 e. The molecule has 1 atom stereocenters. The number of para-hydroxylation sites is 1. The summed E-state index contributed by atoms with van der Waals surface area (Å²) in [5.41, 5.74) is 1.58. The zero-order chi connectivity index (χ0) is 14.3. The predicted octanol–water partition coefficient (Wildman–Crippen LogP) is 1.80. The third kappa shape index (κ3) is 1.91. The number of hydrogen-bond acceptors (Lipinski definition) is 4. The molecule has 2 aromatic rings. The van der Waals surface area contributed by atoms with Crippen molar-refractivity contribution in [2.24, 2.45) is 13.0 Å². The average Bonchev–Trinajstić information content (AvgIpc) is 2.78. The van der Waals surface area contributed by atoms with Crippen LogP contribution in [0.25, 0.3) is 0 Å². The van der Waals surface area contributed by atoms with Gasteiger partial charge in [-0.25, -0.2) is 0 Å². The molecule has 0 fully saturated rings. The van der Waals surface area contributed by atoms with E-state index in [1.54, 1.807) is 49.1 Å². The molecular weight excluding hydrogens is 256 g/mol. The van der Waals surface area contributed by atoms with Gasteiger partial charge in [0.1, 0.15) is 18.3 Å². The molecule has 5 nitrogen and oxygen atoms in total. The van der Waals surface area contributed by atoms with Gasteiger partial charge >= 0.3 is 0 Å². The van der Waals surface area contributed by atoms with E-state index in [1.165, 1.54) is 0 Å². The van der Waals surface area contributed by atoms with Crippen molar-refractivity contribution in [1.29, 1.82) is 0 Å². The van der Waals surface area contributed by atoms with E-state index in [0.717, 1.165) is 0 Å². The normalized spacial score (nSPS) is 17.5. The van der Waals surface area contributed by atoms with Gasteiger partial charge in [-0.3, -0.25) is 14.3 Å². The monoisotopic (exact) mass is 270 g/mol. The lowest BCUT2D eigenvalue weighted by molar-refractivity contribution is 0.0723. The molecule has 0 amide bonds. The Kier molecular flexibility index (Phi) is 2.89. The fraction of sp³-hybridized carbons (Fsp3) is 0.267. The molecule has 0 aliphatic carbocycles. The van der Waals surface area contributed by atoms with Crippen molar-refractivity contribution in [3.63, 3.8) is 0 Å². The number of aryl methyl sites for hydroxylation is 2. The number of aromatic nitrogens is 2. The van der Waals surface area contributed by atoms with Gasteiger partial charge in [-0.1, -0.05) is 12.1 Å². The van der Waals surface area contributed by atoms with E-state index in [0.29, 0.717) is 22.6 Å². The molecule has 1 aromatic heterocycles. The van der Waals surface area contributed by atoms with Gasteiger partial charge in [-0.05, 0) is 19.1 Å². The van der Waals surface area contributed by atoms with Crippen LogP contribution in [0.1, 0.15) is 26.4 Å². The lowest BCUT2D eigenvalue weighted by Crippen LogP contribution is -2.34. The minimum absolute atomic E-state index is 0.0863. The lowest BCUT2D eigenvalue weighted by atomic mass is 9.89. The Balaban J connectivity index is 1.95. The Labute approximate surface area is 116 Å². The molecule has 1 aliphatic rings. The van der Waals surface area contributed by atoms with Gasteiger partial charge in [0.2, 0.25) is 0 Å². The zero-order valence-corrected chi connectivity index (χ0v) is 11.3. The van der Waals surface area contributed by atoms with Gasteiger partial charge in [-0.2, -0.15) is 5.10 Å². The van der Waals surface area contributed by atoms with Crippen LogP contribution in [-0.4, -0.2) is 28.0 Å². The second kappa shape index (κ2) is 4.59. The number of carbonyl (C=O) groups excluding carboxylic acids is 2. The maximum atomic E-state index is 12.5. The quantitative estimate of drug-likeness (QED) is 0.616. The second-order valence-electron chi connectivity index (χ2n) is 4.89. The van der Waals surface area contributed by atoms with Crippen LogP contribution in [0.5, 0.6) is 5.75 Å². The number of hydrogen-bond donors (Lipinski definition) is 0. The molecule has 1 unspecified atom stereocenters. The highest BCUT2D eigenvalue weighted by Crippen LogP contribution is 2.28. The average molecular weight is 270 g/mol. The summed E-state index contributed by atoms with van der Waals surface area (Å²) in [6, 6.07) is 7.00. The molecule has 20 heavy (non-hydrogen) atoms. The molecule has 0 spiro atoms. The first kappa shape index (κ1) is 12.6. The van der Waals surface area contributed by atoms with Crippen LogP contribution < -0.4 is 4.74 Å². The first-order valence-electron chi connectivity index (χ1n) is 6.38. The molecule has 0 N–H and O–H groups in total. The Bertz CT molecular complexity index is 703. The van der Waals surface area contributed by atoms with Crippen LogP contribution in [0.3, 0.4) is 0 Å². The number of ether oxygens (including phenoxy) is 1. The van der Waals surface area contributed by atoms with E-state index in [1.807, 2.05) is 0 Å². The standard InChI is InChI=1S/C15H14N2O3/c1-9-11(7-17(2)16-9)15(19)12-8-20-13-6-4-3-5-10(13)14(12)18/h3-7,12H,8H2,1-2H3. The number of fused-ring (bicyclic) bond motifs is 1. The first-order chi connectivity index (χ1) is 9.58. The topological polar surface area (TPSA) is 61.2 Å². The molecular formula is C15H14N2O3. The minimum Gasteiger partial charge on any atom is -0.492 e. The maximum Gasteiger partial charge on any atom is 0.180 e. The molecule has 1 aromatic carbocycles. The number of Topliss-reactive ketones (excluding diaryl/α,β-unsaturated/α-hetero) is 2. The van der Waals surface area contributed by atoms with Crippen LogP contribution in [0, 0.1) is 12.8 Å². The van der Waals surface area contributed by atoms with Gasteiger partial charge in [-0.15, -0.1) is 0 Å². The number of rotatable bonds is 2. The van der Waals surface area contributed by atoms with Crippen LogP contribution in [0.4, 0.5) is 0 Å². The summed E-state index contributed by atoms with van der Waals surface area (Å²) in [5.74, 6) is -0.646. The Hall–Kier alpha value is -2.43. The van der Waals surface area contributed by atoms with Gasteiger partial charge in [0, 0.05) is 13.2 Å². The number of ketones is 2. The molecule has 2 heterocycles. The van der Waals surface area contributed by atoms with Crippen molar-refractivity contribution < 1.29 is 14.3 Å². The molecule has 0 saturated heterocycles. The van der Waals surface area contributed by atoms with Crippen LogP contribution >= 0.6 is 0 Å². The van der Waals surface area contributed by atoms with Crippen LogP contribution in [0.2, 0.25) is 0 Å². The fourth-order valence-electron chi connectivity index (χ4n) is 2.46. The predicted molar refractivity (Wildman–Crippen MR) is 72.0 cm³/mol. The van der Waals surface area contributed by atoms with Crippen molar-refractivity contribution >= 4 is 11.6 Å². The summed E-state index contributed by atoms with van der Waals surface area (Å²) in [4.78, 5) is 24.9. The van der Waals surface area contributed by atoms with Crippen LogP contribution in [-0.2, 0) is 7.05 Å². The highest BCUT2D eigenvalue weighted by Gasteiger charge is 2.35. The summed E-state index contributed by atoms with van der Waals surface area (Å²) in [7, 11) is 1.75. The smallest absolute Gasteiger partial charge is 0.180 e. The van der Waals surface area contributed by atoms with E-state index in [4.69, 9.17) is 4.74 Å². The molecule has 0 saturated carbocycles. The summed E-state index contributed by atoms with van der Waals surface area (Å²) in [5, 5.41) is 4.14. The molecule has 5 heteroatoms. The third-order valence-electron chi connectivity index (χ3n) is 3.47. The number of carbonyl (C=O) groups is 2. The number of benzene rings is 1. The van der Waals surface area contributed by atoms with Crippen molar-refractivity contribution in [3.8, 4) is 5.75 Å². The molecule has 3 rings (SSSR count). The summed E-state index contributed by atoms with van der Waals surface area (Å²) in [6.07, 6.45) is 1.64. The fourth-order valence-corrected chi connectivity index (χ4v) is 2.46. The van der Waals surface area contributed by atoms with Crippen molar-refractivity contribution in [3.05, 3.63) is 47.3 Å². The lowest BCUT2D eigenvalue weighted by Gasteiger charge is -2.22. The van der Waals surface area contributed by atoms with Gasteiger partial charge in [0.15, 0.2) is 11.6 Å². The molecule has 0 bridgehead atoms. The highest BCUT2D eigenvalue weighted by atomic mass is 16.5. The first-order valence-corrected chi connectivity index (χ1v) is 6.38. The Morgan fingerprint density at radius 1 is 1.40 bits per heavy atom. The molecule has 0 radical (unpaired) electrons. The van der Waals surface area contributed by atoms with Crippen molar-refractivity contribution in [2.75, 3.05) is 6.61 Å². The van der Waals surface area contributed by atoms with E-state index in [2.05, 4.69) is 5.10 Å². The SMILES string of the molecule is Cc1nn(C)cc1C(=O)C1COc2ccccc2C1=O. The summed E-state index contributed by atoms with van der Waals surface area (Å²) >= 11 is 0. The second-order valence-corrected chi connectivity index (χ2v) is 4.89. The minimum atomic E-state index is -0.784. The Morgan fingerprint density at radius 3 is 2.85 bits per heavy atom. The van der Waals surface area contributed by atoms with Gasteiger partial charge in [0.05, 0.1) is 16.8 Å². The van der Waals surface area contributed by atoms with E-state index in [-0.39, 0.29) is 18.2 Å². The van der Waals surface area contributed by atoms with Gasteiger partial charge in [0.25, 0.3) is 0 Å². The van der Waals surface area contributed by atoms with E-state index in [9.17, 15) is 9.59 Å². The third-order valence-corrected chi connectivity index (χ3v) is 3.47. The van der Waals surface area contributed by atoms with Crippen LogP contribution in [0.15, 0.2) is 30.5 Å². The summed E-state index contributed by atoms with van der Waals surface area (Å²) in [6.45, 7) is 1.85. The van der Waals surface area contributed by atoms with E-state index >= 15 is 0 Å². The van der Waals surface area contributed by atoms with Crippen molar-refractivity contribution in [1.82, 2.24) is 9.78 Å². The molecule has 102 valence electrons. The van der Waals surface area contributed by atoms with E-state index < -0.39 is 5.92 Å². The van der Waals surface area contributed by atoms with Crippen molar-refractivity contribution in [2.45, 2.75) is 6.92 Å². The maximum absolute atomic E-state index is 12.5. The number of nitrogens with zero attached hydrogens (tertiary/aromatic N) is 2. The van der Waals surface area contributed by atoms with Gasteiger partial charge < -0.3 is 4.74 Å². The summed E-state index contributed by atoms with van der Waals surface area (Å²) < 4.78 is 7.10. The highest BCUT2D eigenvalue weighted by molar-refractivity contribution is 6.17. The zero-order valence-electron chi connectivity index (χ0n) is 11.3. The Morgan fingerprint density at radius 2 is 2.15 bits per heavy atom. The molecule has 1 aliphatic heterocycles.